The van der Waals surface area contributed by atoms with E-state index in [-0.39, 0.29) is 0 Å². The average Bonchev–Trinajstić information content (AvgIpc) is 2.31. The number of hydroxylamine groups is 1. The lowest BCUT2D eigenvalue weighted by Crippen LogP contribution is -2.29. The summed E-state index contributed by atoms with van der Waals surface area (Å²) >= 11 is 3.64. The van der Waals surface area contributed by atoms with Crippen molar-refractivity contribution in [2.24, 2.45) is 0 Å². The summed E-state index contributed by atoms with van der Waals surface area (Å²) in [5, 5.41) is 8.69. The van der Waals surface area contributed by atoms with E-state index in [1.807, 2.05) is 0 Å². The minimum atomic E-state index is 0.492. The van der Waals surface area contributed by atoms with Crippen LogP contribution < -0.4 is 5.48 Å². The van der Waals surface area contributed by atoms with Crippen molar-refractivity contribution >= 4 is 15.9 Å². The lowest BCUT2D eigenvalue weighted by molar-refractivity contribution is 0.161. The number of nitrogens with one attached hydrogen (secondary N) is 1. The van der Waals surface area contributed by atoms with Crippen molar-refractivity contribution in [2.75, 3.05) is 20.1 Å². The maximum absolute atomic E-state index is 8.69. The van der Waals surface area contributed by atoms with Crippen LogP contribution >= 0.6 is 15.9 Å². The van der Waals surface area contributed by atoms with Gasteiger partial charge in [0.2, 0.25) is 0 Å². The number of rotatable bonds is 3. The predicted octanol–water partition coefficient (Wildman–Crippen LogP) is 2.74. The fourth-order valence-corrected chi connectivity index (χ4v) is 3.17. The number of halogens is 1. The second kappa shape index (κ2) is 5.96. The predicted molar refractivity (Wildman–Crippen MR) is 72.2 cm³/mol. The summed E-state index contributed by atoms with van der Waals surface area (Å²) in [5.74, 6) is 0.664. The molecule has 1 aromatic carbocycles. The Morgan fingerprint density at radius 1 is 1.41 bits per heavy atom. The smallest absolute Gasteiger partial charge is 0.0458 e. The molecule has 1 aliphatic rings. The monoisotopic (exact) mass is 298 g/mol. The molecule has 1 saturated heterocycles. The molecule has 1 heterocycles. The van der Waals surface area contributed by atoms with Gasteiger partial charge in [-0.2, -0.15) is 0 Å². The minimum Gasteiger partial charge on any atom is -0.316 e. The second-order valence-corrected chi connectivity index (χ2v) is 5.62. The van der Waals surface area contributed by atoms with Crippen molar-refractivity contribution in [3.8, 4) is 0 Å². The first-order valence-corrected chi connectivity index (χ1v) is 6.84. The van der Waals surface area contributed by atoms with E-state index in [2.05, 4.69) is 51.6 Å². The summed E-state index contributed by atoms with van der Waals surface area (Å²) in [5.41, 5.74) is 4.68. The Kier molecular flexibility index (Phi) is 4.56. The van der Waals surface area contributed by atoms with Crippen LogP contribution in [-0.4, -0.2) is 30.2 Å². The molecule has 1 aromatic rings. The van der Waals surface area contributed by atoms with E-state index in [0.717, 1.165) is 5.56 Å². The highest BCUT2D eigenvalue weighted by molar-refractivity contribution is 9.10. The van der Waals surface area contributed by atoms with Gasteiger partial charge in [-0.3, -0.25) is 0 Å². The largest absolute Gasteiger partial charge is 0.316 e. The molecule has 94 valence electrons. The highest BCUT2D eigenvalue weighted by Gasteiger charge is 2.20. The van der Waals surface area contributed by atoms with Crippen LogP contribution in [0.15, 0.2) is 22.7 Å². The molecule has 0 bridgehead atoms. The summed E-state index contributed by atoms with van der Waals surface area (Å²) in [4.78, 5) is 2.38. The number of nitrogens with zero attached hydrogens (tertiary/aromatic N) is 1. The lowest BCUT2D eigenvalue weighted by atomic mass is 9.89. The molecule has 0 aromatic heterocycles. The van der Waals surface area contributed by atoms with Crippen molar-refractivity contribution in [3.05, 3.63) is 33.8 Å². The van der Waals surface area contributed by atoms with E-state index in [1.54, 1.807) is 0 Å². The van der Waals surface area contributed by atoms with Gasteiger partial charge in [-0.1, -0.05) is 28.1 Å². The molecule has 0 aliphatic carbocycles. The van der Waals surface area contributed by atoms with E-state index in [0.29, 0.717) is 12.5 Å². The zero-order chi connectivity index (χ0) is 12.3. The Bertz CT molecular complexity index is 376. The molecule has 2 N–H and O–H groups in total. The molecule has 0 saturated carbocycles. The molecule has 2 rings (SSSR count). The molecule has 1 fully saturated rings. The second-order valence-electron chi connectivity index (χ2n) is 4.77. The number of likely N-dealkylation sites (tertiary alicyclic amines) is 1. The van der Waals surface area contributed by atoms with Gasteiger partial charge in [-0.15, -0.1) is 0 Å². The summed E-state index contributed by atoms with van der Waals surface area (Å²) < 4.78 is 1.17. The third-order valence-corrected chi connectivity index (χ3v) is 4.19. The van der Waals surface area contributed by atoms with Crippen molar-refractivity contribution in [3.63, 3.8) is 0 Å². The maximum atomic E-state index is 8.69. The number of hydrogen-bond donors (Lipinski definition) is 2. The van der Waals surface area contributed by atoms with E-state index >= 15 is 0 Å². The molecule has 4 heteroatoms. The first kappa shape index (κ1) is 13.0. The molecule has 0 radical (unpaired) electrons. The Hall–Kier alpha value is -0.420. The molecular formula is C13H19BrN2O. The highest BCUT2D eigenvalue weighted by Crippen LogP contribution is 2.33. The van der Waals surface area contributed by atoms with E-state index in [1.165, 1.54) is 36.0 Å². The summed E-state index contributed by atoms with van der Waals surface area (Å²) in [6.07, 6.45) is 2.46. The van der Waals surface area contributed by atoms with Crippen molar-refractivity contribution < 1.29 is 5.21 Å². The van der Waals surface area contributed by atoms with Crippen LogP contribution in [0.4, 0.5) is 0 Å². The summed E-state index contributed by atoms with van der Waals surface area (Å²) in [6, 6.07) is 6.37. The lowest BCUT2D eigenvalue weighted by Gasteiger charge is -2.29. The van der Waals surface area contributed by atoms with Gasteiger partial charge in [-0.05, 0) is 56.1 Å². The quantitative estimate of drug-likeness (QED) is 0.843. The van der Waals surface area contributed by atoms with Gasteiger partial charge in [0.1, 0.15) is 0 Å². The molecule has 1 aliphatic heterocycles. The standard InChI is InChI=1S/C13H19BrN2O/c1-16-6-4-11(5-7-16)12-3-2-10(9-15-17)8-13(12)14/h2-3,8,11,15,17H,4-7,9H2,1H3. The van der Waals surface area contributed by atoms with Gasteiger partial charge in [0.15, 0.2) is 0 Å². The first-order chi connectivity index (χ1) is 8.20. The van der Waals surface area contributed by atoms with Gasteiger partial charge < -0.3 is 10.1 Å². The van der Waals surface area contributed by atoms with Crippen LogP contribution in [0.1, 0.15) is 29.9 Å². The first-order valence-electron chi connectivity index (χ1n) is 6.04. The normalized spacial score (nSPS) is 18.5. The van der Waals surface area contributed by atoms with Crippen LogP contribution in [0.25, 0.3) is 0 Å². The SMILES string of the molecule is CN1CCC(c2ccc(CNO)cc2Br)CC1. The van der Waals surface area contributed by atoms with Crippen LogP contribution in [0.2, 0.25) is 0 Å². The molecule has 0 amide bonds. The molecular weight excluding hydrogens is 280 g/mol. The Morgan fingerprint density at radius 2 is 2.12 bits per heavy atom. The molecule has 0 spiro atoms. The van der Waals surface area contributed by atoms with Gasteiger partial charge in [0.05, 0.1) is 0 Å². The summed E-state index contributed by atoms with van der Waals surface area (Å²) in [7, 11) is 2.18. The zero-order valence-corrected chi connectivity index (χ0v) is 11.7. The molecule has 0 unspecified atom stereocenters. The third-order valence-electron chi connectivity index (χ3n) is 3.51. The van der Waals surface area contributed by atoms with Crippen LogP contribution in [0.5, 0.6) is 0 Å². The zero-order valence-electron chi connectivity index (χ0n) is 10.1. The van der Waals surface area contributed by atoms with Gasteiger partial charge >= 0.3 is 0 Å². The van der Waals surface area contributed by atoms with E-state index < -0.39 is 0 Å². The van der Waals surface area contributed by atoms with E-state index in [4.69, 9.17) is 5.21 Å². The minimum absolute atomic E-state index is 0.492. The third kappa shape index (κ3) is 3.28. The van der Waals surface area contributed by atoms with Crippen molar-refractivity contribution in [2.45, 2.75) is 25.3 Å². The topological polar surface area (TPSA) is 35.5 Å². The fourth-order valence-electron chi connectivity index (χ4n) is 2.42. The maximum Gasteiger partial charge on any atom is 0.0458 e. The Balaban J connectivity index is 2.10. The van der Waals surface area contributed by atoms with Gasteiger partial charge in [0.25, 0.3) is 0 Å². The Labute approximate surface area is 111 Å². The molecule has 3 nitrogen and oxygen atoms in total. The van der Waals surface area contributed by atoms with Crippen molar-refractivity contribution in [1.82, 2.24) is 10.4 Å². The van der Waals surface area contributed by atoms with Crippen LogP contribution in [-0.2, 0) is 6.54 Å². The Morgan fingerprint density at radius 3 is 2.71 bits per heavy atom. The van der Waals surface area contributed by atoms with E-state index in [9.17, 15) is 0 Å². The highest BCUT2D eigenvalue weighted by atomic mass is 79.9. The van der Waals surface area contributed by atoms with Gasteiger partial charge in [-0.25, -0.2) is 5.48 Å². The average molecular weight is 299 g/mol. The van der Waals surface area contributed by atoms with Crippen molar-refractivity contribution in [1.29, 1.82) is 0 Å². The summed E-state index contributed by atoms with van der Waals surface area (Å²) in [6.45, 7) is 2.85. The number of piperidine rings is 1. The van der Waals surface area contributed by atoms with Crippen LogP contribution in [0, 0.1) is 0 Å². The molecule has 0 atom stereocenters. The number of hydrogen-bond acceptors (Lipinski definition) is 3. The van der Waals surface area contributed by atoms with Gasteiger partial charge in [0, 0.05) is 11.0 Å². The fraction of sp³-hybridized carbons (Fsp3) is 0.538. The van der Waals surface area contributed by atoms with Crippen LogP contribution in [0.3, 0.4) is 0 Å². The molecule has 17 heavy (non-hydrogen) atoms. The number of benzene rings is 1.